The van der Waals surface area contributed by atoms with Crippen molar-refractivity contribution in [2.45, 2.75) is 56.7 Å². The second-order valence-electron chi connectivity index (χ2n) is 6.49. The number of methoxy groups -OCH3 is 1. The number of ether oxygens (including phenoxy) is 1. The van der Waals surface area contributed by atoms with Crippen LogP contribution in [0.3, 0.4) is 0 Å². The molecule has 0 aromatic heterocycles. The fourth-order valence-corrected chi connectivity index (χ4v) is 2.95. The molecular weight excluding hydrogens is 264 g/mol. The quantitative estimate of drug-likeness (QED) is 0.875. The number of nitrogens with zero attached hydrogens (tertiary/aromatic N) is 1. The van der Waals surface area contributed by atoms with E-state index in [9.17, 15) is 4.79 Å². The Labute approximate surface area is 126 Å². The molecule has 0 unspecified atom stereocenters. The van der Waals surface area contributed by atoms with Gasteiger partial charge >= 0.3 is 0 Å². The summed E-state index contributed by atoms with van der Waals surface area (Å²) in [5.41, 5.74) is 7.15. The van der Waals surface area contributed by atoms with Gasteiger partial charge in [-0.1, -0.05) is 12.1 Å². The van der Waals surface area contributed by atoms with Gasteiger partial charge in [0.15, 0.2) is 0 Å². The third-order valence-electron chi connectivity index (χ3n) is 4.67. The summed E-state index contributed by atoms with van der Waals surface area (Å²) in [5, 5.41) is 0. The zero-order valence-electron chi connectivity index (χ0n) is 12.7. The summed E-state index contributed by atoms with van der Waals surface area (Å²) in [4.78, 5) is 14.6. The number of nitrogens with two attached hydrogens (primary N) is 1. The Kier molecular flexibility index (Phi) is 3.89. The lowest BCUT2D eigenvalue weighted by Gasteiger charge is -2.39. The fraction of sp³-hybridized carbons (Fsp3) is 0.588. The number of carbonyl (C=O) groups is 1. The lowest BCUT2D eigenvalue weighted by atomic mass is 9.75. The van der Waals surface area contributed by atoms with Gasteiger partial charge < -0.3 is 15.4 Å². The summed E-state index contributed by atoms with van der Waals surface area (Å²) in [6.07, 6.45) is 5.88. The van der Waals surface area contributed by atoms with Gasteiger partial charge in [-0.05, 0) is 49.8 Å². The molecule has 0 radical (unpaired) electrons. The van der Waals surface area contributed by atoms with Crippen molar-refractivity contribution in [3.05, 3.63) is 29.8 Å². The minimum atomic E-state index is -0.232. The van der Waals surface area contributed by atoms with E-state index in [0.29, 0.717) is 19.0 Å². The monoisotopic (exact) mass is 288 g/mol. The fourth-order valence-electron chi connectivity index (χ4n) is 2.95. The van der Waals surface area contributed by atoms with Crippen LogP contribution in [0.1, 0.15) is 44.1 Å². The standard InChI is InChI=1S/C17H24N2O2/c1-21-15-7-3-13(4-8-15)12-19(14-5-6-14)16(20)11-17(18)9-2-10-17/h3-4,7-8,14H,2,5-6,9-12,18H2,1H3. The molecule has 21 heavy (non-hydrogen) atoms. The molecule has 2 aliphatic rings. The maximum Gasteiger partial charge on any atom is 0.224 e. The Hall–Kier alpha value is -1.55. The summed E-state index contributed by atoms with van der Waals surface area (Å²) >= 11 is 0. The van der Waals surface area contributed by atoms with E-state index in [4.69, 9.17) is 10.5 Å². The van der Waals surface area contributed by atoms with Crippen LogP contribution in [-0.2, 0) is 11.3 Å². The topological polar surface area (TPSA) is 55.6 Å². The van der Waals surface area contributed by atoms with E-state index < -0.39 is 0 Å². The average molecular weight is 288 g/mol. The molecular formula is C17H24N2O2. The highest BCUT2D eigenvalue weighted by Crippen LogP contribution is 2.35. The van der Waals surface area contributed by atoms with Crippen LogP contribution in [0.25, 0.3) is 0 Å². The van der Waals surface area contributed by atoms with Crippen LogP contribution in [0.4, 0.5) is 0 Å². The van der Waals surface area contributed by atoms with Crippen LogP contribution in [0.2, 0.25) is 0 Å². The highest BCUT2D eigenvalue weighted by atomic mass is 16.5. The van der Waals surface area contributed by atoms with Gasteiger partial charge in [-0.3, -0.25) is 4.79 Å². The number of hydrogen-bond donors (Lipinski definition) is 1. The van der Waals surface area contributed by atoms with Gasteiger partial charge in [0.1, 0.15) is 5.75 Å². The van der Waals surface area contributed by atoms with Gasteiger partial charge in [0.25, 0.3) is 0 Å². The first kappa shape index (κ1) is 14.4. The number of benzene rings is 1. The highest BCUT2D eigenvalue weighted by molar-refractivity contribution is 5.78. The zero-order valence-corrected chi connectivity index (χ0v) is 12.7. The van der Waals surface area contributed by atoms with Crippen molar-refractivity contribution in [2.75, 3.05) is 7.11 Å². The minimum absolute atomic E-state index is 0.218. The Morgan fingerprint density at radius 1 is 1.33 bits per heavy atom. The van der Waals surface area contributed by atoms with Gasteiger partial charge in [-0.25, -0.2) is 0 Å². The van der Waals surface area contributed by atoms with E-state index in [1.807, 2.05) is 29.2 Å². The van der Waals surface area contributed by atoms with Crippen LogP contribution in [0.5, 0.6) is 5.75 Å². The molecule has 0 aliphatic heterocycles. The molecule has 2 saturated carbocycles. The third kappa shape index (κ3) is 3.38. The number of hydrogen-bond acceptors (Lipinski definition) is 3. The lowest BCUT2D eigenvalue weighted by molar-refractivity contribution is -0.134. The molecule has 3 rings (SSSR count). The Balaban J connectivity index is 1.64. The van der Waals surface area contributed by atoms with Gasteiger partial charge in [0.05, 0.1) is 7.11 Å². The van der Waals surface area contributed by atoms with E-state index in [1.54, 1.807) is 7.11 Å². The molecule has 0 spiro atoms. The normalized spacial score (nSPS) is 19.7. The van der Waals surface area contributed by atoms with Crippen LogP contribution in [0, 0.1) is 0 Å². The molecule has 1 aromatic rings. The second-order valence-corrected chi connectivity index (χ2v) is 6.49. The molecule has 1 aromatic carbocycles. The molecule has 0 atom stereocenters. The number of amides is 1. The number of rotatable bonds is 6. The molecule has 4 heteroatoms. The molecule has 4 nitrogen and oxygen atoms in total. The predicted molar refractivity (Wildman–Crippen MR) is 82.0 cm³/mol. The third-order valence-corrected chi connectivity index (χ3v) is 4.67. The van der Waals surface area contributed by atoms with Crippen LogP contribution < -0.4 is 10.5 Å². The maximum atomic E-state index is 12.6. The van der Waals surface area contributed by atoms with Crippen LogP contribution >= 0.6 is 0 Å². The largest absolute Gasteiger partial charge is 0.497 e. The van der Waals surface area contributed by atoms with Crippen molar-refractivity contribution >= 4 is 5.91 Å². The molecule has 2 aliphatic carbocycles. The molecule has 0 saturated heterocycles. The van der Waals surface area contributed by atoms with Gasteiger partial charge in [-0.15, -0.1) is 0 Å². The molecule has 0 heterocycles. The zero-order chi connectivity index (χ0) is 14.9. The van der Waals surface area contributed by atoms with Gasteiger partial charge in [0.2, 0.25) is 5.91 Å². The molecule has 1 amide bonds. The van der Waals surface area contributed by atoms with Crippen LogP contribution in [0.15, 0.2) is 24.3 Å². The lowest BCUT2D eigenvalue weighted by Crippen LogP contribution is -2.50. The van der Waals surface area contributed by atoms with E-state index in [1.165, 1.54) is 0 Å². The van der Waals surface area contributed by atoms with Gasteiger partial charge in [-0.2, -0.15) is 0 Å². The second kappa shape index (κ2) is 5.68. The van der Waals surface area contributed by atoms with E-state index >= 15 is 0 Å². The first-order valence-corrected chi connectivity index (χ1v) is 7.81. The van der Waals surface area contributed by atoms with Crippen molar-refractivity contribution in [2.24, 2.45) is 5.73 Å². The van der Waals surface area contributed by atoms with Crippen molar-refractivity contribution in [3.63, 3.8) is 0 Å². The van der Waals surface area contributed by atoms with E-state index in [-0.39, 0.29) is 11.4 Å². The number of carbonyl (C=O) groups excluding carboxylic acids is 1. The Bertz CT molecular complexity index is 504. The summed E-state index contributed by atoms with van der Waals surface area (Å²) < 4.78 is 5.17. The summed E-state index contributed by atoms with van der Waals surface area (Å²) in [6, 6.07) is 8.37. The molecule has 0 bridgehead atoms. The molecule has 2 N–H and O–H groups in total. The Morgan fingerprint density at radius 2 is 2.00 bits per heavy atom. The van der Waals surface area contributed by atoms with Crippen LogP contribution in [-0.4, -0.2) is 29.5 Å². The van der Waals surface area contributed by atoms with Crippen molar-refractivity contribution in [1.82, 2.24) is 4.90 Å². The first-order valence-electron chi connectivity index (χ1n) is 7.81. The average Bonchev–Trinajstić information content (AvgIpc) is 3.28. The smallest absolute Gasteiger partial charge is 0.224 e. The first-order chi connectivity index (χ1) is 10.1. The summed E-state index contributed by atoms with van der Waals surface area (Å²) in [5.74, 6) is 1.06. The van der Waals surface area contributed by atoms with E-state index in [2.05, 4.69) is 0 Å². The summed E-state index contributed by atoms with van der Waals surface area (Å²) in [6.45, 7) is 0.684. The van der Waals surface area contributed by atoms with Crippen molar-refractivity contribution < 1.29 is 9.53 Å². The SMILES string of the molecule is COc1ccc(CN(C(=O)CC2(N)CCC2)C2CC2)cc1. The Morgan fingerprint density at radius 3 is 2.48 bits per heavy atom. The minimum Gasteiger partial charge on any atom is -0.497 e. The summed E-state index contributed by atoms with van der Waals surface area (Å²) in [7, 11) is 1.66. The molecule has 114 valence electrons. The van der Waals surface area contributed by atoms with E-state index in [0.717, 1.165) is 43.4 Å². The predicted octanol–water partition coefficient (Wildman–Crippen LogP) is 2.46. The van der Waals surface area contributed by atoms with Gasteiger partial charge in [0, 0.05) is 24.5 Å². The maximum absolute atomic E-state index is 12.6. The highest BCUT2D eigenvalue weighted by Gasteiger charge is 2.39. The van der Waals surface area contributed by atoms with Crippen molar-refractivity contribution in [3.8, 4) is 5.75 Å². The van der Waals surface area contributed by atoms with Crippen molar-refractivity contribution in [1.29, 1.82) is 0 Å². The molecule has 2 fully saturated rings.